The predicted octanol–water partition coefficient (Wildman–Crippen LogP) is 5.05. The minimum Gasteiger partial charge on any atom is -0.459 e. The molecule has 10 heteroatoms. The summed E-state index contributed by atoms with van der Waals surface area (Å²) in [6.07, 6.45) is -4.13. The van der Waals surface area contributed by atoms with Gasteiger partial charge in [-0.15, -0.1) is 0 Å². The third-order valence-corrected chi connectivity index (χ3v) is 5.30. The van der Waals surface area contributed by atoms with E-state index in [4.69, 9.17) is 4.74 Å². The zero-order chi connectivity index (χ0) is 24.9. The van der Waals surface area contributed by atoms with Crippen LogP contribution in [0.5, 0.6) is 0 Å². The van der Waals surface area contributed by atoms with E-state index in [9.17, 15) is 31.5 Å². The Kier molecular flexibility index (Phi) is 6.16. The molecule has 0 radical (unpaired) electrons. The number of alkyl halides is 3. The van der Waals surface area contributed by atoms with E-state index in [1.807, 2.05) is 0 Å². The number of amides is 1. The van der Waals surface area contributed by atoms with Crippen LogP contribution in [-0.4, -0.2) is 34.0 Å². The Morgan fingerprint density at radius 2 is 1.73 bits per heavy atom. The Morgan fingerprint density at radius 3 is 2.27 bits per heavy atom. The van der Waals surface area contributed by atoms with E-state index in [1.165, 1.54) is 7.05 Å². The second-order valence-corrected chi connectivity index (χ2v) is 8.79. The molecule has 2 aromatic rings. The number of hydrogen-bond donors (Lipinski definition) is 0. The summed E-state index contributed by atoms with van der Waals surface area (Å²) in [4.78, 5) is 27.1. The Hall–Kier alpha value is -3.17. The first-order valence-electron chi connectivity index (χ1n) is 10.1. The molecule has 1 aromatic heterocycles. The van der Waals surface area contributed by atoms with Gasteiger partial charge in [0.1, 0.15) is 5.69 Å². The average Bonchev–Trinajstić information content (AvgIpc) is 2.98. The Morgan fingerprint density at radius 1 is 1.09 bits per heavy atom. The molecule has 0 N–H and O–H groups in total. The molecule has 33 heavy (non-hydrogen) atoms. The van der Waals surface area contributed by atoms with Gasteiger partial charge in [-0.3, -0.25) is 4.79 Å². The van der Waals surface area contributed by atoms with Crippen LogP contribution in [0.1, 0.15) is 55.0 Å². The second-order valence-electron chi connectivity index (χ2n) is 8.79. The number of carbonyl (C=O) groups excluding carboxylic acids is 2. The van der Waals surface area contributed by atoms with E-state index < -0.39 is 46.9 Å². The number of benzene rings is 1. The topological polar surface area (TPSA) is 51.5 Å². The van der Waals surface area contributed by atoms with Crippen molar-refractivity contribution in [1.82, 2.24) is 9.47 Å². The van der Waals surface area contributed by atoms with Crippen LogP contribution in [0.25, 0.3) is 5.57 Å². The zero-order valence-electron chi connectivity index (χ0n) is 18.7. The predicted molar refractivity (Wildman–Crippen MR) is 110 cm³/mol. The maximum atomic E-state index is 13.7. The summed E-state index contributed by atoms with van der Waals surface area (Å²) in [7, 11) is 1.24. The van der Waals surface area contributed by atoms with Crippen LogP contribution < -0.4 is 0 Å². The van der Waals surface area contributed by atoms with Crippen molar-refractivity contribution in [3.8, 4) is 0 Å². The molecule has 0 atom stereocenters. The summed E-state index contributed by atoms with van der Waals surface area (Å²) in [6, 6.07) is 3.47. The van der Waals surface area contributed by atoms with Gasteiger partial charge in [-0.25, -0.2) is 13.6 Å². The molecule has 1 aliphatic heterocycles. The van der Waals surface area contributed by atoms with E-state index in [1.54, 1.807) is 27.7 Å². The smallest absolute Gasteiger partial charge is 0.431 e. The fraction of sp³-hybridized carbons (Fsp3) is 0.391. The number of halogens is 5. The number of nitrogens with zero attached hydrogens (tertiary/aromatic N) is 2. The molecule has 1 aromatic carbocycles. The first-order valence-corrected chi connectivity index (χ1v) is 10.1. The SMILES string of the molecule is CC(C)OC(=O)C1=CN(C(=O)c2ccc(F)c(F)c2)CC(C)(C)c2c1cc(C(F)(F)F)n2C. The van der Waals surface area contributed by atoms with Crippen molar-refractivity contribution in [2.75, 3.05) is 6.54 Å². The van der Waals surface area contributed by atoms with Gasteiger partial charge < -0.3 is 14.2 Å². The lowest BCUT2D eigenvalue weighted by Crippen LogP contribution is -2.38. The highest BCUT2D eigenvalue weighted by molar-refractivity contribution is 6.17. The van der Waals surface area contributed by atoms with Crippen molar-refractivity contribution in [2.45, 2.75) is 45.4 Å². The molecule has 0 unspecified atom stereocenters. The number of esters is 1. The molecular weight excluding hydrogens is 447 g/mol. The monoisotopic (exact) mass is 470 g/mol. The van der Waals surface area contributed by atoms with Gasteiger partial charge >= 0.3 is 12.1 Å². The first-order chi connectivity index (χ1) is 15.1. The molecule has 0 saturated heterocycles. The van der Waals surface area contributed by atoms with Crippen molar-refractivity contribution in [3.63, 3.8) is 0 Å². The Labute approximate surface area is 187 Å². The maximum absolute atomic E-state index is 13.7. The van der Waals surface area contributed by atoms with E-state index in [2.05, 4.69) is 0 Å². The van der Waals surface area contributed by atoms with Crippen LogP contribution in [0.3, 0.4) is 0 Å². The summed E-state index contributed by atoms with van der Waals surface area (Å²) in [6.45, 7) is 6.28. The number of carbonyl (C=O) groups is 2. The fourth-order valence-corrected chi connectivity index (χ4v) is 4.04. The molecule has 2 heterocycles. The van der Waals surface area contributed by atoms with Crippen molar-refractivity contribution >= 4 is 17.4 Å². The van der Waals surface area contributed by atoms with Gasteiger partial charge in [0.15, 0.2) is 11.6 Å². The van der Waals surface area contributed by atoms with Crippen LogP contribution in [0, 0.1) is 11.6 Å². The van der Waals surface area contributed by atoms with Gasteiger partial charge in [0.2, 0.25) is 0 Å². The molecule has 1 aliphatic rings. The van der Waals surface area contributed by atoms with Crippen molar-refractivity contribution in [1.29, 1.82) is 0 Å². The lowest BCUT2D eigenvalue weighted by molar-refractivity contribution is -0.143. The number of fused-ring (bicyclic) bond motifs is 1. The number of hydrogen-bond acceptors (Lipinski definition) is 3. The van der Waals surface area contributed by atoms with Crippen LogP contribution in [-0.2, 0) is 28.2 Å². The molecule has 178 valence electrons. The standard InChI is InChI=1S/C23H23F5N2O3/c1-12(2)33-21(32)15-10-30(20(31)13-6-7-16(24)17(25)8-13)11-22(3,4)19-14(15)9-18(29(19)5)23(26,27)28/h6-10,12H,11H2,1-5H3. The quantitative estimate of drug-likeness (QED) is 0.466. The fourth-order valence-electron chi connectivity index (χ4n) is 4.04. The zero-order valence-corrected chi connectivity index (χ0v) is 18.7. The van der Waals surface area contributed by atoms with Gasteiger partial charge in [0.25, 0.3) is 5.91 Å². The van der Waals surface area contributed by atoms with Crippen LogP contribution >= 0.6 is 0 Å². The Bertz CT molecular complexity index is 1150. The highest BCUT2D eigenvalue weighted by Crippen LogP contribution is 2.42. The van der Waals surface area contributed by atoms with E-state index >= 15 is 0 Å². The van der Waals surface area contributed by atoms with Crippen molar-refractivity contribution in [2.24, 2.45) is 7.05 Å². The average molecular weight is 470 g/mol. The molecule has 5 nitrogen and oxygen atoms in total. The highest BCUT2D eigenvalue weighted by Gasteiger charge is 2.43. The van der Waals surface area contributed by atoms with Crippen LogP contribution in [0.2, 0.25) is 0 Å². The third kappa shape index (κ3) is 4.65. The van der Waals surface area contributed by atoms with Gasteiger partial charge in [0.05, 0.1) is 11.7 Å². The minimum absolute atomic E-state index is 0.0129. The van der Waals surface area contributed by atoms with Gasteiger partial charge in [-0.1, -0.05) is 13.8 Å². The number of ether oxygens (including phenoxy) is 1. The van der Waals surface area contributed by atoms with Gasteiger partial charge in [-0.2, -0.15) is 13.2 Å². The second kappa shape index (κ2) is 8.31. The van der Waals surface area contributed by atoms with E-state index in [0.29, 0.717) is 0 Å². The molecule has 3 rings (SSSR count). The molecule has 0 aliphatic carbocycles. The molecule has 1 amide bonds. The number of aromatic nitrogens is 1. The molecule has 0 spiro atoms. The summed E-state index contributed by atoms with van der Waals surface area (Å²) < 4.78 is 74.1. The molecule has 0 fully saturated rings. The molecule has 0 bridgehead atoms. The normalized spacial score (nSPS) is 15.7. The largest absolute Gasteiger partial charge is 0.459 e. The van der Waals surface area contributed by atoms with Crippen molar-refractivity contribution < 1.29 is 36.3 Å². The van der Waals surface area contributed by atoms with Crippen LogP contribution in [0.4, 0.5) is 22.0 Å². The van der Waals surface area contributed by atoms with E-state index in [-0.39, 0.29) is 28.9 Å². The van der Waals surface area contributed by atoms with Crippen molar-refractivity contribution in [3.05, 3.63) is 64.6 Å². The Balaban J connectivity index is 2.21. The third-order valence-electron chi connectivity index (χ3n) is 5.30. The highest BCUT2D eigenvalue weighted by atomic mass is 19.4. The molecule has 0 saturated carbocycles. The van der Waals surface area contributed by atoms with Crippen LogP contribution in [0.15, 0.2) is 30.5 Å². The lowest BCUT2D eigenvalue weighted by atomic mass is 9.85. The molecular formula is C23H23F5N2O3. The lowest BCUT2D eigenvalue weighted by Gasteiger charge is -2.30. The summed E-state index contributed by atoms with van der Waals surface area (Å²) in [5.41, 5.74) is -2.27. The maximum Gasteiger partial charge on any atom is 0.431 e. The summed E-state index contributed by atoms with van der Waals surface area (Å²) in [5, 5.41) is 0. The van der Waals surface area contributed by atoms with E-state index in [0.717, 1.165) is 39.9 Å². The first kappa shape index (κ1) is 24.5. The summed E-state index contributed by atoms with van der Waals surface area (Å²) in [5.74, 6) is -4.02. The number of rotatable bonds is 3. The summed E-state index contributed by atoms with van der Waals surface area (Å²) >= 11 is 0. The minimum atomic E-state index is -4.68. The van der Waals surface area contributed by atoms with Gasteiger partial charge in [-0.05, 0) is 38.1 Å². The van der Waals surface area contributed by atoms with Gasteiger partial charge in [0, 0.05) is 42.0 Å².